The third-order valence-electron chi connectivity index (χ3n) is 3.05. The van der Waals surface area contributed by atoms with Crippen LogP contribution in [0.5, 0.6) is 0 Å². The molecule has 3 nitrogen and oxygen atoms in total. The van der Waals surface area contributed by atoms with E-state index in [4.69, 9.17) is 4.74 Å². The van der Waals surface area contributed by atoms with E-state index in [1.807, 2.05) is 60.7 Å². The van der Waals surface area contributed by atoms with Gasteiger partial charge in [-0.25, -0.2) is 0 Å². The lowest BCUT2D eigenvalue weighted by molar-refractivity contribution is -0.145. The minimum Gasteiger partial charge on any atom is -0.461 e. The number of hydrogen-bond acceptors (Lipinski definition) is 3. The fourth-order valence-electron chi connectivity index (χ4n) is 1.91. The van der Waals surface area contributed by atoms with E-state index < -0.39 is 6.10 Å². The molecule has 0 fully saturated rings. The fourth-order valence-corrected chi connectivity index (χ4v) is 1.91. The van der Waals surface area contributed by atoms with Gasteiger partial charge in [0, 0.05) is 6.42 Å². The molecule has 0 bridgehead atoms. The molecule has 0 spiro atoms. The van der Waals surface area contributed by atoms with Gasteiger partial charge >= 0.3 is 5.97 Å². The number of hydrogen-bond donors (Lipinski definition) is 1. The zero-order valence-corrected chi connectivity index (χ0v) is 11.2. The van der Waals surface area contributed by atoms with Gasteiger partial charge in [0.2, 0.25) is 0 Å². The van der Waals surface area contributed by atoms with Crippen molar-refractivity contribution in [2.75, 3.05) is 0 Å². The van der Waals surface area contributed by atoms with Crippen LogP contribution in [0.2, 0.25) is 0 Å². The van der Waals surface area contributed by atoms with Crippen LogP contribution in [0.3, 0.4) is 0 Å². The van der Waals surface area contributed by atoms with Crippen molar-refractivity contribution in [1.29, 1.82) is 0 Å². The van der Waals surface area contributed by atoms with Crippen LogP contribution in [0, 0.1) is 0 Å². The largest absolute Gasteiger partial charge is 0.461 e. The van der Waals surface area contributed by atoms with Crippen LogP contribution in [0.15, 0.2) is 60.7 Å². The van der Waals surface area contributed by atoms with Crippen LogP contribution in [0.1, 0.15) is 30.1 Å². The summed E-state index contributed by atoms with van der Waals surface area (Å²) >= 11 is 0. The van der Waals surface area contributed by atoms with Crippen LogP contribution < -0.4 is 0 Å². The van der Waals surface area contributed by atoms with Crippen molar-refractivity contribution in [3.63, 3.8) is 0 Å². The van der Waals surface area contributed by atoms with E-state index in [2.05, 4.69) is 0 Å². The van der Waals surface area contributed by atoms with Gasteiger partial charge in [0.15, 0.2) is 0 Å². The molecule has 1 atom stereocenters. The third-order valence-corrected chi connectivity index (χ3v) is 3.05. The van der Waals surface area contributed by atoms with Crippen LogP contribution in [-0.4, -0.2) is 11.1 Å². The molecule has 0 saturated heterocycles. The zero-order chi connectivity index (χ0) is 14.2. The molecule has 0 saturated carbocycles. The Labute approximate surface area is 118 Å². The molecule has 2 aromatic rings. The van der Waals surface area contributed by atoms with Crippen molar-refractivity contribution < 1.29 is 14.6 Å². The number of aliphatic hydroxyl groups excluding tert-OH is 1. The first-order valence-corrected chi connectivity index (χ1v) is 6.68. The average Bonchev–Trinajstić information content (AvgIpc) is 2.52. The van der Waals surface area contributed by atoms with Crippen molar-refractivity contribution in [2.45, 2.75) is 25.6 Å². The van der Waals surface area contributed by atoms with Gasteiger partial charge in [0.05, 0.1) is 6.10 Å². The molecule has 0 heterocycles. The quantitative estimate of drug-likeness (QED) is 0.820. The number of esters is 1. The van der Waals surface area contributed by atoms with E-state index in [9.17, 15) is 9.90 Å². The number of rotatable bonds is 6. The molecular formula is C17H18O3. The van der Waals surface area contributed by atoms with Gasteiger partial charge in [0.25, 0.3) is 0 Å². The first-order chi connectivity index (χ1) is 9.75. The summed E-state index contributed by atoms with van der Waals surface area (Å²) in [4.78, 5) is 11.6. The molecule has 0 radical (unpaired) electrons. The maximum Gasteiger partial charge on any atom is 0.306 e. The molecule has 2 aromatic carbocycles. The predicted molar refractivity (Wildman–Crippen MR) is 76.9 cm³/mol. The topological polar surface area (TPSA) is 46.5 Å². The number of carbonyl (C=O) groups excluding carboxylic acids is 1. The molecule has 1 N–H and O–H groups in total. The second-order valence-corrected chi connectivity index (χ2v) is 4.61. The molecular weight excluding hydrogens is 252 g/mol. The SMILES string of the molecule is O=C(CCC(O)c1ccccc1)OCc1ccccc1. The maximum atomic E-state index is 11.6. The standard InChI is InChI=1S/C17H18O3/c18-16(15-9-5-2-6-10-15)11-12-17(19)20-13-14-7-3-1-4-8-14/h1-10,16,18H,11-13H2. The van der Waals surface area contributed by atoms with Gasteiger partial charge in [-0.05, 0) is 17.5 Å². The lowest BCUT2D eigenvalue weighted by Gasteiger charge is -2.10. The van der Waals surface area contributed by atoms with Crippen LogP contribution >= 0.6 is 0 Å². The molecule has 0 amide bonds. The Hall–Kier alpha value is -2.13. The van der Waals surface area contributed by atoms with Gasteiger partial charge in [-0.15, -0.1) is 0 Å². The van der Waals surface area contributed by atoms with Gasteiger partial charge in [-0.1, -0.05) is 60.7 Å². The maximum absolute atomic E-state index is 11.6. The van der Waals surface area contributed by atoms with Crippen LogP contribution in [0.25, 0.3) is 0 Å². The molecule has 0 aromatic heterocycles. The number of carbonyl (C=O) groups is 1. The van der Waals surface area contributed by atoms with Crippen molar-refractivity contribution in [3.8, 4) is 0 Å². The predicted octanol–water partition coefficient (Wildman–Crippen LogP) is 3.24. The Morgan fingerprint density at radius 1 is 1.00 bits per heavy atom. The minimum absolute atomic E-state index is 0.211. The van der Waals surface area contributed by atoms with Crippen molar-refractivity contribution in [3.05, 3.63) is 71.8 Å². The first kappa shape index (κ1) is 14.3. The second-order valence-electron chi connectivity index (χ2n) is 4.61. The van der Waals surface area contributed by atoms with E-state index in [-0.39, 0.29) is 19.0 Å². The Morgan fingerprint density at radius 3 is 2.25 bits per heavy atom. The van der Waals surface area contributed by atoms with E-state index in [0.29, 0.717) is 6.42 Å². The number of aliphatic hydroxyl groups is 1. The molecule has 1 unspecified atom stereocenters. The normalized spacial score (nSPS) is 11.8. The third kappa shape index (κ3) is 4.52. The Morgan fingerprint density at radius 2 is 1.60 bits per heavy atom. The zero-order valence-electron chi connectivity index (χ0n) is 11.2. The highest BCUT2D eigenvalue weighted by Gasteiger charge is 2.11. The smallest absolute Gasteiger partial charge is 0.306 e. The molecule has 0 aliphatic carbocycles. The van der Waals surface area contributed by atoms with Crippen molar-refractivity contribution in [2.24, 2.45) is 0 Å². The molecule has 20 heavy (non-hydrogen) atoms. The van der Waals surface area contributed by atoms with Crippen LogP contribution in [-0.2, 0) is 16.1 Å². The Kier molecular flexibility index (Phi) is 5.33. The lowest BCUT2D eigenvalue weighted by Crippen LogP contribution is -2.07. The van der Waals surface area contributed by atoms with Gasteiger partial charge < -0.3 is 9.84 Å². The first-order valence-electron chi connectivity index (χ1n) is 6.68. The second kappa shape index (κ2) is 7.46. The highest BCUT2D eigenvalue weighted by atomic mass is 16.5. The number of benzene rings is 2. The summed E-state index contributed by atoms with van der Waals surface area (Å²) in [6.45, 7) is 0.279. The molecule has 2 rings (SSSR count). The van der Waals surface area contributed by atoms with E-state index in [1.165, 1.54) is 0 Å². The average molecular weight is 270 g/mol. The molecule has 104 valence electrons. The van der Waals surface area contributed by atoms with Crippen molar-refractivity contribution in [1.82, 2.24) is 0 Å². The minimum atomic E-state index is -0.625. The summed E-state index contributed by atoms with van der Waals surface area (Å²) in [6.07, 6.45) is -0.0407. The van der Waals surface area contributed by atoms with E-state index in [1.54, 1.807) is 0 Å². The molecule has 3 heteroatoms. The highest BCUT2D eigenvalue weighted by molar-refractivity contribution is 5.69. The van der Waals surface area contributed by atoms with E-state index in [0.717, 1.165) is 11.1 Å². The number of ether oxygens (including phenoxy) is 1. The summed E-state index contributed by atoms with van der Waals surface area (Å²) in [5.74, 6) is -0.288. The summed E-state index contributed by atoms with van der Waals surface area (Å²) in [5, 5.41) is 9.95. The summed E-state index contributed by atoms with van der Waals surface area (Å²) in [6, 6.07) is 18.9. The molecule has 0 aliphatic heterocycles. The summed E-state index contributed by atoms with van der Waals surface area (Å²) in [5.41, 5.74) is 1.79. The Balaban J connectivity index is 1.73. The van der Waals surface area contributed by atoms with Gasteiger partial charge in [-0.3, -0.25) is 4.79 Å². The molecule has 0 aliphatic rings. The fraction of sp³-hybridized carbons (Fsp3) is 0.235. The van der Waals surface area contributed by atoms with Crippen LogP contribution in [0.4, 0.5) is 0 Å². The Bertz CT molecular complexity index is 522. The van der Waals surface area contributed by atoms with Crippen molar-refractivity contribution >= 4 is 5.97 Å². The summed E-state index contributed by atoms with van der Waals surface area (Å²) in [7, 11) is 0. The van der Waals surface area contributed by atoms with Gasteiger partial charge in [0.1, 0.15) is 6.61 Å². The van der Waals surface area contributed by atoms with E-state index >= 15 is 0 Å². The highest BCUT2D eigenvalue weighted by Crippen LogP contribution is 2.18. The summed E-state index contributed by atoms with van der Waals surface area (Å²) < 4.78 is 5.16. The lowest BCUT2D eigenvalue weighted by atomic mass is 10.1. The van der Waals surface area contributed by atoms with Gasteiger partial charge in [-0.2, -0.15) is 0 Å². The monoisotopic (exact) mass is 270 g/mol.